The predicted molar refractivity (Wildman–Crippen MR) is 141 cm³/mol. The molecule has 4 heterocycles. The van der Waals surface area contributed by atoms with Crippen LogP contribution in [0.1, 0.15) is 55.6 Å². The van der Waals surface area contributed by atoms with Crippen LogP contribution in [0.3, 0.4) is 0 Å². The molecule has 1 aromatic carbocycles. The highest BCUT2D eigenvalue weighted by molar-refractivity contribution is 5.72. The van der Waals surface area contributed by atoms with Gasteiger partial charge >= 0.3 is 6.18 Å². The van der Waals surface area contributed by atoms with Crippen LogP contribution in [-0.2, 0) is 12.7 Å². The molecule has 1 aliphatic rings. The molecule has 6 rings (SSSR count). The molecular formula is C28H26F3N7O2. The summed E-state index contributed by atoms with van der Waals surface area (Å²) in [5.74, 6) is 0.989. The number of halogens is 3. The predicted octanol–water partition coefficient (Wildman–Crippen LogP) is 5.35. The molecule has 0 spiro atoms. The zero-order valence-corrected chi connectivity index (χ0v) is 22.1. The summed E-state index contributed by atoms with van der Waals surface area (Å²) in [7, 11) is 1.55. The van der Waals surface area contributed by atoms with Crippen LogP contribution in [0.4, 0.5) is 13.2 Å². The van der Waals surface area contributed by atoms with Gasteiger partial charge in [0.15, 0.2) is 5.69 Å². The molecule has 5 aromatic rings. The lowest BCUT2D eigenvalue weighted by atomic mass is 10.1. The van der Waals surface area contributed by atoms with E-state index in [1.54, 1.807) is 53.6 Å². The minimum absolute atomic E-state index is 0.217. The summed E-state index contributed by atoms with van der Waals surface area (Å²) < 4.78 is 50.0. The van der Waals surface area contributed by atoms with Gasteiger partial charge in [-0.1, -0.05) is 24.3 Å². The first kappa shape index (κ1) is 25.8. The van der Waals surface area contributed by atoms with Gasteiger partial charge in [0.1, 0.15) is 23.5 Å². The van der Waals surface area contributed by atoms with Crippen LogP contribution >= 0.6 is 0 Å². The third-order valence-corrected chi connectivity index (χ3v) is 7.26. The quantitative estimate of drug-likeness (QED) is 0.272. The average molecular weight is 550 g/mol. The van der Waals surface area contributed by atoms with E-state index in [0.717, 1.165) is 35.9 Å². The standard InChI is InChI=1S/C28H26F3N7O2/c1-4-36-14-21(28(29,30)31)34-26(36)19-9-5-17(6-10-19)16(2)38-22-13-20(35-37(22)12-11-23(38)39)24-25(18-7-8-18)32-15-33-27(24)40-3/h5-6,9-16,18H,4,7-8H2,1-3H3/t16-/m1/s1. The van der Waals surface area contributed by atoms with Crippen molar-refractivity contribution in [2.75, 3.05) is 7.11 Å². The van der Waals surface area contributed by atoms with E-state index in [1.165, 1.54) is 17.0 Å². The number of methoxy groups -OCH3 is 1. The van der Waals surface area contributed by atoms with Crippen molar-refractivity contribution in [1.82, 2.24) is 33.7 Å². The molecule has 12 heteroatoms. The molecule has 0 radical (unpaired) electrons. The lowest BCUT2D eigenvalue weighted by Gasteiger charge is -2.17. The van der Waals surface area contributed by atoms with Crippen molar-refractivity contribution in [3.8, 4) is 28.5 Å². The van der Waals surface area contributed by atoms with Gasteiger partial charge in [0.05, 0.1) is 24.4 Å². The van der Waals surface area contributed by atoms with Gasteiger partial charge in [-0.15, -0.1) is 0 Å². The Hall–Kier alpha value is -4.48. The fourth-order valence-electron chi connectivity index (χ4n) is 5.04. The number of hydrogen-bond acceptors (Lipinski definition) is 6. The average Bonchev–Trinajstić information content (AvgIpc) is 3.55. The molecule has 1 saturated carbocycles. The Kier molecular flexibility index (Phi) is 6.20. The van der Waals surface area contributed by atoms with E-state index in [-0.39, 0.29) is 11.4 Å². The van der Waals surface area contributed by atoms with Crippen molar-refractivity contribution in [3.05, 3.63) is 82.4 Å². The van der Waals surface area contributed by atoms with Gasteiger partial charge in [-0.05, 0) is 32.3 Å². The molecule has 0 bridgehead atoms. The van der Waals surface area contributed by atoms with E-state index >= 15 is 0 Å². The van der Waals surface area contributed by atoms with Gasteiger partial charge in [0.2, 0.25) is 5.88 Å². The highest BCUT2D eigenvalue weighted by Gasteiger charge is 2.35. The van der Waals surface area contributed by atoms with Crippen LogP contribution in [-0.4, -0.2) is 40.8 Å². The van der Waals surface area contributed by atoms with E-state index in [2.05, 4.69) is 15.0 Å². The molecule has 4 aromatic heterocycles. The van der Waals surface area contributed by atoms with E-state index in [0.29, 0.717) is 35.2 Å². The topological polar surface area (TPSA) is 92.1 Å². The molecule has 0 aliphatic heterocycles. The van der Waals surface area contributed by atoms with Crippen molar-refractivity contribution in [1.29, 1.82) is 0 Å². The van der Waals surface area contributed by atoms with Crippen molar-refractivity contribution in [3.63, 3.8) is 0 Å². The molecule has 1 fully saturated rings. The number of fused-ring (bicyclic) bond motifs is 1. The van der Waals surface area contributed by atoms with E-state index in [1.807, 2.05) is 13.0 Å². The van der Waals surface area contributed by atoms with Crippen molar-refractivity contribution in [2.45, 2.75) is 51.4 Å². The molecule has 1 aliphatic carbocycles. The Morgan fingerprint density at radius 3 is 2.52 bits per heavy atom. The van der Waals surface area contributed by atoms with E-state index in [9.17, 15) is 18.0 Å². The molecule has 0 saturated heterocycles. The van der Waals surface area contributed by atoms with Crippen LogP contribution in [0.15, 0.2) is 59.9 Å². The second-order valence-electron chi connectivity index (χ2n) is 9.81. The first-order valence-corrected chi connectivity index (χ1v) is 12.9. The summed E-state index contributed by atoms with van der Waals surface area (Å²) in [6, 6.07) is 9.93. The zero-order valence-electron chi connectivity index (χ0n) is 22.1. The maximum absolute atomic E-state index is 13.2. The summed E-state index contributed by atoms with van der Waals surface area (Å²) in [6.07, 6.45) is 1.67. The van der Waals surface area contributed by atoms with Crippen LogP contribution < -0.4 is 10.3 Å². The molecule has 1 atom stereocenters. The number of ether oxygens (including phenoxy) is 1. The first-order chi connectivity index (χ1) is 19.2. The largest absolute Gasteiger partial charge is 0.480 e. The summed E-state index contributed by atoms with van der Waals surface area (Å²) in [5, 5.41) is 4.73. The molecular weight excluding hydrogens is 523 g/mol. The van der Waals surface area contributed by atoms with Gasteiger partial charge in [0.25, 0.3) is 5.56 Å². The summed E-state index contributed by atoms with van der Waals surface area (Å²) in [6.45, 7) is 4.00. The number of benzene rings is 1. The van der Waals surface area contributed by atoms with E-state index in [4.69, 9.17) is 9.84 Å². The molecule has 206 valence electrons. The molecule has 0 unspecified atom stereocenters. The maximum atomic E-state index is 13.2. The Morgan fingerprint density at radius 2 is 1.88 bits per heavy atom. The molecule has 9 nitrogen and oxygen atoms in total. The fraction of sp³-hybridized carbons (Fsp3) is 0.321. The van der Waals surface area contributed by atoms with E-state index < -0.39 is 17.9 Å². The summed E-state index contributed by atoms with van der Waals surface area (Å²) in [5.41, 5.74) is 2.98. The minimum Gasteiger partial charge on any atom is -0.480 e. The zero-order chi connectivity index (χ0) is 28.2. The van der Waals surface area contributed by atoms with Crippen LogP contribution in [0.25, 0.3) is 28.3 Å². The number of aryl methyl sites for hydroxylation is 1. The Morgan fingerprint density at radius 1 is 1.12 bits per heavy atom. The second-order valence-corrected chi connectivity index (χ2v) is 9.81. The van der Waals surface area contributed by atoms with Gasteiger partial charge in [-0.25, -0.2) is 19.5 Å². The molecule has 0 amide bonds. The Bertz CT molecular complexity index is 1770. The minimum atomic E-state index is -4.52. The smallest absolute Gasteiger partial charge is 0.434 e. The second kappa shape index (κ2) is 9.61. The number of imidazole rings is 1. The fourth-order valence-corrected chi connectivity index (χ4v) is 5.04. The Labute approximate surface area is 226 Å². The normalized spacial score (nSPS) is 14.6. The number of hydrogen-bond donors (Lipinski definition) is 0. The maximum Gasteiger partial charge on any atom is 0.434 e. The highest BCUT2D eigenvalue weighted by Crippen LogP contribution is 2.45. The summed E-state index contributed by atoms with van der Waals surface area (Å²) >= 11 is 0. The van der Waals surface area contributed by atoms with Gasteiger partial charge in [-0.3, -0.25) is 9.36 Å². The summed E-state index contributed by atoms with van der Waals surface area (Å²) in [4.78, 5) is 25.7. The van der Waals surface area contributed by atoms with Crippen molar-refractivity contribution in [2.24, 2.45) is 0 Å². The SMILES string of the molecule is CCn1cc(C(F)(F)F)nc1-c1ccc([C@@H](C)n2c(=O)ccn3nc(-c4c(OC)ncnc4C4CC4)cc23)cc1. The van der Waals surface area contributed by atoms with Gasteiger partial charge in [-0.2, -0.15) is 18.3 Å². The monoisotopic (exact) mass is 549 g/mol. The van der Waals surface area contributed by atoms with Gasteiger partial charge in [0, 0.05) is 42.6 Å². The number of nitrogens with zero attached hydrogens (tertiary/aromatic N) is 7. The van der Waals surface area contributed by atoms with Crippen LogP contribution in [0.5, 0.6) is 5.88 Å². The third kappa shape index (κ3) is 4.42. The third-order valence-electron chi connectivity index (χ3n) is 7.26. The van der Waals surface area contributed by atoms with Crippen molar-refractivity contribution < 1.29 is 17.9 Å². The number of alkyl halides is 3. The number of aromatic nitrogens is 7. The van der Waals surface area contributed by atoms with Gasteiger partial charge < -0.3 is 9.30 Å². The molecule has 0 N–H and O–H groups in total. The first-order valence-electron chi connectivity index (χ1n) is 12.9. The lowest BCUT2D eigenvalue weighted by Crippen LogP contribution is -2.24. The van der Waals surface area contributed by atoms with Crippen LogP contribution in [0, 0.1) is 0 Å². The lowest BCUT2D eigenvalue weighted by molar-refractivity contribution is -0.140. The van der Waals surface area contributed by atoms with Crippen molar-refractivity contribution >= 4 is 5.65 Å². The Balaban J connectivity index is 1.39. The highest BCUT2D eigenvalue weighted by atomic mass is 19.4. The molecule has 40 heavy (non-hydrogen) atoms. The number of rotatable bonds is 7. The van der Waals surface area contributed by atoms with Crippen LogP contribution in [0.2, 0.25) is 0 Å².